The lowest BCUT2D eigenvalue weighted by Crippen LogP contribution is -2.22. The van der Waals surface area contributed by atoms with Gasteiger partial charge in [0.2, 0.25) is 0 Å². The molecule has 2 aromatic rings. The van der Waals surface area contributed by atoms with Crippen LogP contribution in [0.1, 0.15) is 36.5 Å². The van der Waals surface area contributed by atoms with Crippen LogP contribution >= 0.6 is 11.3 Å². The highest BCUT2D eigenvalue weighted by Crippen LogP contribution is 2.20. The predicted molar refractivity (Wildman–Crippen MR) is 68.5 cm³/mol. The number of hydrogen-bond donors (Lipinski definition) is 1. The molecule has 0 spiro atoms. The van der Waals surface area contributed by atoms with Gasteiger partial charge >= 0.3 is 0 Å². The van der Waals surface area contributed by atoms with Crippen LogP contribution in [-0.4, -0.2) is 4.98 Å². The van der Waals surface area contributed by atoms with Crippen molar-refractivity contribution in [3.8, 4) is 0 Å². The zero-order valence-corrected chi connectivity index (χ0v) is 10.4. The maximum Gasteiger partial charge on any atom is 0.109 e. The van der Waals surface area contributed by atoms with Crippen molar-refractivity contribution in [2.24, 2.45) is 0 Å². The first-order valence-electron chi connectivity index (χ1n) is 5.48. The summed E-state index contributed by atoms with van der Waals surface area (Å²) in [4.78, 5) is 4.32. The minimum atomic E-state index is 0.301. The smallest absolute Gasteiger partial charge is 0.109 e. The molecule has 0 saturated carbocycles. The highest BCUT2D eigenvalue weighted by Gasteiger charge is 2.12. The Morgan fingerprint density at radius 2 is 1.88 bits per heavy atom. The van der Waals surface area contributed by atoms with E-state index in [0.717, 1.165) is 5.01 Å². The second-order valence-corrected chi connectivity index (χ2v) is 4.82. The molecule has 0 aliphatic heterocycles. The number of nitrogens with zero attached hydrogens (tertiary/aromatic N) is 1. The average Bonchev–Trinajstić information content (AvgIpc) is 2.83. The number of rotatable bonds is 4. The summed E-state index contributed by atoms with van der Waals surface area (Å²) in [5.41, 5.74) is 1.31. The van der Waals surface area contributed by atoms with Gasteiger partial charge in [-0.3, -0.25) is 0 Å². The van der Waals surface area contributed by atoms with Crippen LogP contribution in [-0.2, 0) is 0 Å². The van der Waals surface area contributed by atoms with E-state index < -0.39 is 0 Å². The molecule has 1 aromatic carbocycles. The molecule has 2 atom stereocenters. The van der Waals surface area contributed by atoms with Gasteiger partial charge in [-0.15, -0.1) is 11.3 Å². The van der Waals surface area contributed by atoms with E-state index in [0.29, 0.717) is 12.1 Å². The fourth-order valence-corrected chi connectivity index (χ4v) is 2.39. The van der Waals surface area contributed by atoms with Crippen molar-refractivity contribution < 1.29 is 0 Å². The van der Waals surface area contributed by atoms with E-state index in [1.165, 1.54) is 5.56 Å². The van der Waals surface area contributed by atoms with Crippen molar-refractivity contribution >= 4 is 11.3 Å². The monoisotopic (exact) mass is 232 g/mol. The Kier molecular flexibility index (Phi) is 3.70. The second kappa shape index (κ2) is 5.23. The van der Waals surface area contributed by atoms with E-state index in [9.17, 15) is 0 Å². The SMILES string of the molecule is CC(NC(C)c1nccs1)c1ccccc1. The summed E-state index contributed by atoms with van der Waals surface area (Å²) in [7, 11) is 0. The van der Waals surface area contributed by atoms with Gasteiger partial charge in [0.05, 0.1) is 6.04 Å². The van der Waals surface area contributed by atoms with Crippen LogP contribution in [0.25, 0.3) is 0 Å². The maximum absolute atomic E-state index is 4.32. The summed E-state index contributed by atoms with van der Waals surface area (Å²) >= 11 is 1.69. The van der Waals surface area contributed by atoms with Crippen LogP contribution in [0.5, 0.6) is 0 Å². The molecule has 84 valence electrons. The zero-order valence-electron chi connectivity index (χ0n) is 9.55. The van der Waals surface area contributed by atoms with E-state index in [-0.39, 0.29) is 0 Å². The molecule has 0 saturated heterocycles. The lowest BCUT2D eigenvalue weighted by atomic mass is 10.1. The van der Waals surface area contributed by atoms with E-state index in [4.69, 9.17) is 0 Å². The molecule has 3 heteroatoms. The molecule has 1 heterocycles. The fraction of sp³-hybridized carbons (Fsp3) is 0.308. The van der Waals surface area contributed by atoms with Gasteiger partial charge in [0, 0.05) is 17.6 Å². The van der Waals surface area contributed by atoms with Gasteiger partial charge in [-0.2, -0.15) is 0 Å². The molecule has 2 rings (SSSR count). The first-order valence-corrected chi connectivity index (χ1v) is 6.35. The quantitative estimate of drug-likeness (QED) is 0.872. The molecule has 1 N–H and O–H groups in total. The van der Waals surface area contributed by atoms with Gasteiger partial charge in [0.25, 0.3) is 0 Å². The Labute approximate surface area is 100 Å². The normalized spacial score (nSPS) is 14.6. The van der Waals surface area contributed by atoms with Crippen LogP contribution in [0.15, 0.2) is 41.9 Å². The fourth-order valence-electron chi connectivity index (χ4n) is 1.73. The van der Waals surface area contributed by atoms with Crippen molar-refractivity contribution in [3.63, 3.8) is 0 Å². The zero-order chi connectivity index (χ0) is 11.4. The molecule has 2 unspecified atom stereocenters. The van der Waals surface area contributed by atoms with Crippen LogP contribution in [0.2, 0.25) is 0 Å². The van der Waals surface area contributed by atoms with Crippen molar-refractivity contribution in [1.29, 1.82) is 0 Å². The van der Waals surface area contributed by atoms with Gasteiger partial charge in [0.15, 0.2) is 0 Å². The summed E-state index contributed by atoms with van der Waals surface area (Å²) in [6.07, 6.45) is 1.85. The molecular weight excluding hydrogens is 216 g/mol. The molecule has 1 aromatic heterocycles. The summed E-state index contributed by atoms with van der Waals surface area (Å²) in [6, 6.07) is 11.1. The number of nitrogens with one attached hydrogen (secondary N) is 1. The van der Waals surface area contributed by atoms with Crippen molar-refractivity contribution in [2.75, 3.05) is 0 Å². The molecule has 0 aliphatic carbocycles. The van der Waals surface area contributed by atoms with Gasteiger partial charge in [-0.1, -0.05) is 30.3 Å². The standard InChI is InChI=1S/C13H16N2S/c1-10(12-6-4-3-5-7-12)15-11(2)13-14-8-9-16-13/h3-11,15H,1-2H3. The predicted octanol–water partition coefficient (Wildman–Crippen LogP) is 3.55. The first kappa shape index (κ1) is 11.3. The van der Waals surface area contributed by atoms with Crippen LogP contribution < -0.4 is 5.32 Å². The Bertz CT molecular complexity index is 411. The largest absolute Gasteiger partial charge is 0.302 e. The highest BCUT2D eigenvalue weighted by molar-refractivity contribution is 7.09. The number of thiazole rings is 1. The lowest BCUT2D eigenvalue weighted by Gasteiger charge is -2.18. The summed E-state index contributed by atoms with van der Waals surface area (Å²) in [6.45, 7) is 4.33. The first-order chi connectivity index (χ1) is 7.77. The van der Waals surface area contributed by atoms with Gasteiger partial charge in [-0.25, -0.2) is 4.98 Å². The highest BCUT2D eigenvalue weighted by atomic mass is 32.1. The third kappa shape index (κ3) is 2.68. The molecular formula is C13H16N2S. The maximum atomic E-state index is 4.32. The van der Waals surface area contributed by atoms with Crippen LogP contribution in [0, 0.1) is 0 Å². The second-order valence-electron chi connectivity index (χ2n) is 3.89. The molecule has 0 fully saturated rings. The summed E-state index contributed by atoms with van der Waals surface area (Å²) in [5, 5.41) is 6.70. The lowest BCUT2D eigenvalue weighted by molar-refractivity contribution is 0.493. The van der Waals surface area contributed by atoms with Crippen molar-refractivity contribution in [1.82, 2.24) is 10.3 Å². The summed E-state index contributed by atoms with van der Waals surface area (Å²) < 4.78 is 0. The van der Waals surface area contributed by atoms with E-state index in [1.807, 2.05) is 17.6 Å². The average molecular weight is 232 g/mol. The van der Waals surface area contributed by atoms with Crippen LogP contribution in [0.4, 0.5) is 0 Å². The molecule has 0 bridgehead atoms. The van der Waals surface area contributed by atoms with E-state index in [2.05, 4.69) is 48.4 Å². The Balaban J connectivity index is 2.00. The van der Waals surface area contributed by atoms with Crippen molar-refractivity contribution in [2.45, 2.75) is 25.9 Å². The third-order valence-corrected chi connectivity index (χ3v) is 3.58. The minimum Gasteiger partial charge on any atom is -0.302 e. The third-order valence-electron chi connectivity index (χ3n) is 2.62. The number of hydrogen-bond acceptors (Lipinski definition) is 3. The Morgan fingerprint density at radius 1 is 1.12 bits per heavy atom. The topological polar surface area (TPSA) is 24.9 Å². The van der Waals surface area contributed by atoms with Gasteiger partial charge in [0.1, 0.15) is 5.01 Å². The molecule has 16 heavy (non-hydrogen) atoms. The van der Waals surface area contributed by atoms with E-state index >= 15 is 0 Å². The Hall–Kier alpha value is -1.19. The van der Waals surface area contributed by atoms with Gasteiger partial charge in [-0.05, 0) is 19.4 Å². The van der Waals surface area contributed by atoms with E-state index in [1.54, 1.807) is 11.3 Å². The molecule has 0 amide bonds. The van der Waals surface area contributed by atoms with Crippen LogP contribution in [0.3, 0.4) is 0 Å². The molecule has 2 nitrogen and oxygen atoms in total. The van der Waals surface area contributed by atoms with Gasteiger partial charge < -0.3 is 5.32 Å². The minimum absolute atomic E-state index is 0.301. The Morgan fingerprint density at radius 3 is 2.50 bits per heavy atom. The van der Waals surface area contributed by atoms with Crippen molar-refractivity contribution in [3.05, 3.63) is 52.5 Å². The summed E-state index contributed by atoms with van der Waals surface area (Å²) in [5.74, 6) is 0. The molecule has 0 radical (unpaired) electrons. The number of aromatic nitrogens is 1. The number of benzene rings is 1. The molecule has 0 aliphatic rings.